The molecule has 0 saturated heterocycles. The first-order valence-electron chi connectivity index (χ1n) is 10.2. The van der Waals surface area contributed by atoms with Crippen LogP contribution in [0.4, 0.5) is 5.69 Å². The van der Waals surface area contributed by atoms with Crippen molar-refractivity contribution in [2.24, 2.45) is 5.10 Å². The molecular weight excluding hydrogens is 406 g/mol. The van der Waals surface area contributed by atoms with Crippen molar-refractivity contribution in [1.29, 1.82) is 0 Å². The molecule has 0 radical (unpaired) electrons. The number of aromatic amines is 1. The summed E-state index contributed by atoms with van der Waals surface area (Å²) in [6, 6.07) is 18.3. The van der Waals surface area contributed by atoms with Crippen LogP contribution in [-0.2, 0) is 12.8 Å². The molecule has 0 fully saturated rings. The number of carbonyl (C=O) groups excluding carboxylic acids is 1. The summed E-state index contributed by atoms with van der Waals surface area (Å²) < 4.78 is 0. The molecule has 1 aliphatic rings. The third kappa shape index (κ3) is 3.41. The number of nitrogens with zero attached hydrogens (tertiary/aromatic N) is 3. The SMILES string of the molecule is C/C(=N\NC(=O)c1cc(-c2ccc3c4c(cccc24)CC3)n[nH]1)c1cccc([N+](=O)[O-])c1. The van der Waals surface area contributed by atoms with Crippen molar-refractivity contribution in [3.8, 4) is 11.3 Å². The molecule has 1 heterocycles. The van der Waals surface area contributed by atoms with E-state index >= 15 is 0 Å². The standard InChI is InChI=1S/C24H19N5O3/c1-14(17-5-2-6-18(12-17)29(31)32)25-28-24(30)22-13-21(26-27-22)19-11-10-16-9-8-15-4-3-7-20(19)23(15)16/h2-7,10-13H,8-9H2,1H3,(H,26,27)(H,28,30)/b25-14+. The van der Waals surface area contributed by atoms with Crippen LogP contribution in [0.1, 0.15) is 34.1 Å². The number of benzene rings is 3. The van der Waals surface area contributed by atoms with Gasteiger partial charge in [-0.1, -0.05) is 42.5 Å². The number of nitro groups is 1. The second-order valence-electron chi connectivity index (χ2n) is 7.72. The molecule has 5 rings (SSSR count). The van der Waals surface area contributed by atoms with Gasteiger partial charge in [0.25, 0.3) is 11.6 Å². The molecule has 0 bridgehead atoms. The second kappa shape index (κ2) is 7.73. The third-order valence-electron chi connectivity index (χ3n) is 5.78. The van der Waals surface area contributed by atoms with Gasteiger partial charge in [-0.2, -0.15) is 10.2 Å². The molecule has 0 aliphatic heterocycles. The fraction of sp³-hybridized carbons (Fsp3) is 0.125. The lowest BCUT2D eigenvalue weighted by Crippen LogP contribution is -2.19. The quantitative estimate of drug-likeness (QED) is 0.280. The van der Waals surface area contributed by atoms with Gasteiger partial charge in [-0.05, 0) is 47.7 Å². The van der Waals surface area contributed by atoms with Gasteiger partial charge in [0.1, 0.15) is 5.69 Å². The Kier molecular flexibility index (Phi) is 4.74. The van der Waals surface area contributed by atoms with E-state index in [2.05, 4.69) is 51.1 Å². The van der Waals surface area contributed by atoms with Crippen molar-refractivity contribution in [3.63, 3.8) is 0 Å². The van der Waals surface area contributed by atoms with Crippen molar-refractivity contribution in [3.05, 3.63) is 93.2 Å². The number of carbonyl (C=O) groups is 1. The van der Waals surface area contributed by atoms with Crippen LogP contribution in [0.5, 0.6) is 0 Å². The van der Waals surface area contributed by atoms with E-state index in [4.69, 9.17) is 0 Å². The minimum absolute atomic E-state index is 0.0352. The monoisotopic (exact) mass is 425 g/mol. The molecule has 32 heavy (non-hydrogen) atoms. The van der Waals surface area contributed by atoms with Crippen LogP contribution in [0.3, 0.4) is 0 Å². The zero-order valence-electron chi connectivity index (χ0n) is 17.3. The molecule has 0 spiro atoms. The molecule has 8 nitrogen and oxygen atoms in total. The van der Waals surface area contributed by atoms with Crippen molar-refractivity contribution < 1.29 is 9.72 Å². The highest BCUT2D eigenvalue weighted by Crippen LogP contribution is 2.36. The molecule has 0 unspecified atom stereocenters. The molecule has 8 heteroatoms. The molecule has 0 saturated carbocycles. The second-order valence-corrected chi connectivity index (χ2v) is 7.72. The number of H-pyrrole nitrogens is 1. The van der Waals surface area contributed by atoms with Crippen LogP contribution in [-0.4, -0.2) is 26.7 Å². The van der Waals surface area contributed by atoms with Gasteiger partial charge in [0, 0.05) is 23.3 Å². The molecule has 158 valence electrons. The number of hydrazone groups is 1. The van der Waals surface area contributed by atoms with Crippen LogP contribution in [0.2, 0.25) is 0 Å². The Morgan fingerprint density at radius 3 is 2.69 bits per heavy atom. The molecule has 4 aromatic rings. The summed E-state index contributed by atoms with van der Waals surface area (Å²) in [5.41, 5.74) is 8.08. The minimum Gasteiger partial charge on any atom is -0.272 e. The molecule has 3 aromatic carbocycles. The van der Waals surface area contributed by atoms with Crippen molar-refractivity contribution >= 4 is 28.1 Å². The fourth-order valence-electron chi connectivity index (χ4n) is 4.15. The lowest BCUT2D eigenvalue weighted by Gasteiger charge is -2.06. The molecular formula is C24H19N5O3. The Morgan fingerprint density at radius 1 is 1.09 bits per heavy atom. The Labute approximate surface area is 183 Å². The topological polar surface area (TPSA) is 113 Å². The summed E-state index contributed by atoms with van der Waals surface area (Å²) in [5.74, 6) is -0.445. The average Bonchev–Trinajstić information content (AvgIpc) is 3.47. The van der Waals surface area contributed by atoms with E-state index in [1.807, 2.05) is 0 Å². The fourth-order valence-corrected chi connectivity index (χ4v) is 4.15. The predicted octanol–water partition coefficient (Wildman–Crippen LogP) is 4.39. The lowest BCUT2D eigenvalue weighted by atomic mass is 9.98. The summed E-state index contributed by atoms with van der Waals surface area (Å²) in [6.07, 6.45) is 2.10. The Bertz CT molecular complexity index is 1410. The number of hydrogen-bond acceptors (Lipinski definition) is 5. The normalized spacial score (nSPS) is 12.8. The summed E-state index contributed by atoms with van der Waals surface area (Å²) in [4.78, 5) is 23.1. The maximum Gasteiger partial charge on any atom is 0.289 e. The number of rotatable bonds is 5. The summed E-state index contributed by atoms with van der Waals surface area (Å²) >= 11 is 0. The highest BCUT2D eigenvalue weighted by atomic mass is 16.6. The number of amides is 1. The van der Waals surface area contributed by atoms with Crippen LogP contribution >= 0.6 is 0 Å². The van der Waals surface area contributed by atoms with Gasteiger partial charge < -0.3 is 0 Å². The summed E-state index contributed by atoms with van der Waals surface area (Å²) in [5, 5.41) is 24.6. The number of non-ortho nitro benzene ring substituents is 1. The highest BCUT2D eigenvalue weighted by Gasteiger charge is 2.18. The van der Waals surface area contributed by atoms with E-state index in [9.17, 15) is 14.9 Å². The first-order chi connectivity index (χ1) is 15.5. The first kappa shape index (κ1) is 19.6. The Morgan fingerprint density at radius 2 is 1.88 bits per heavy atom. The maximum atomic E-state index is 12.6. The van der Waals surface area contributed by atoms with E-state index in [0.717, 1.165) is 23.8 Å². The molecule has 1 amide bonds. The van der Waals surface area contributed by atoms with E-state index < -0.39 is 10.8 Å². The number of nitrogens with one attached hydrogen (secondary N) is 2. The van der Waals surface area contributed by atoms with Gasteiger partial charge in [0.05, 0.1) is 16.3 Å². The number of nitro benzene ring substituents is 1. The van der Waals surface area contributed by atoms with Crippen molar-refractivity contribution in [1.82, 2.24) is 15.6 Å². The van der Waals surface area contributed by atoms with Gasteiger partial charge in [0.2, 0.25) is 0 Å². The molecule has 0 atom stereocenters. The van der Waals surface area contributed by atoms with Crippen LogP contribution in [0, 0.1) is 10.1 Å². The minimum atomic E-state index is -0.471. The van der Waals surface area contributed by atoms with Crippen molar-refractivity contribution in [2.45, 2.75) is 19.8 Å². The maximum absolute atomic E-state index is 12.6. The summed E-state index contributed by atoms with van der Waals surface area (Å²) in [7, 11) is 0. The zero-order valence-corrected chi connectivity index (χ0v) is 17.3. The zero-order chi connectivity index (χ0) is 22.2. The lowest BCUT2D eigenvalue weighted by molar-refractivity contribution is -0.384. The Hall–Kier alpha value is -4.33. The van der Waals surface area contributed by atoms with Gasteiger partial charge in [-0.3, -0.25) is 20.0 Å². The molecule has 1 aromatic heterocycles. The van der Waals surface area contributed by atoms with Gasteiger partial charge in [0.15, 0.2) is 0 Å². The van der Waals surface area contributed by atoms with Gasteiger partial charge >= 0.3 is 0 Å². The summed E-state index contributed by atoms with van der Waals surface area (Å²) in [6.45, 7) is 1.67. The molecule has 2 N–H and O–H groups in total. The van der Waals surface area contributed by atoms with Crippen molar-refractivity contribution in [2.75, 3.05) is 0 Å². The number of hydrogen-bond donors (Lipinski definition) is 2. The van der Waals surface area contributed by atoms with Gasteiger partial charge in [-0.15, -0.1) is 0 Å². The average molecular weight is 425 g/mol. The van der Waals surface area contributed by atoms with E-state index in [-0.39, 0.29) is 11.4 Å². The van der Waals surface area contributed by atoms with E-state index in [1.54, 1.807) is 25.1 Å². The predicted molar refractivity (Wildman–Crippen MR) is 122 cm³/mol. The van der Waals surface area contributed by atoms with Crippen LogP contribution in [0.15, 0.2) is 65.8 Å². The number of aryl methyl sites for hydroxylation is 2. The Balaban J connectivity index is 1.38. The molecule has 1 aliphatic carbocycles. The van der Waals surface area contributed by atoms with Crippen LogP contribution < -0.4 is 5.43 Å². The largest absolute Gasteiger partial charge is 0.289 e. The van der Waals surface area contributed by atoms with Crippen LogP contribution in [0.25, 0.3) is 22.0 Å². The van der Waals surface area contributed by atoms with Gasteiger partial charge in [-0.25, -0.2) is 5.43 Å². The highest BCUT2D eigenvalue weighted by molar-refractivity contribution is 6.03. The third-order valence-corrected chi connectivity index (χ3v) is 5.78. The first-order valence-corrected chi connectivity index (χ1v) is 10.2. The number of aromatic nitrogens is 2. The van der Waals surface area contributed by atoms with E-state index in [1.165, 1.54) is 28.6 Å². The smallest absolute Gasteiger partial charge is 0.272 e. The van der Waals surface area contributed by atoms with E-state index in [0.29, 0.717) is 17.0 Å².